The minimum Gasteiger partial charge on any atom is -0.443 e. The van der Waals surface area contributed by atoms with Crippen molar-refractivity contribution in [2.24, 2.45) is 5.92 Å². The number of hydrogen-bond acceptors (Lipinski definition) is 4. The van der Waals surface area contributed by atoms with Crippen LogP contribution in [0.25, 0.3) is 0 Å². The van der Waals surface area contributed by atoms with E-state index in [0.717, 1.165) is 4.90 Å². The number of nitrogens with zero attached hydrogens (tertiary/aromatic N) is 1. The summed E-state index contributed by atoms with van der Waals surface area (Å²) in [7, 11) is 0. The molecule has 1 heterocycles. The zero-order chi connectivity index (χ0) is 13.9. The third kappa shape index (κ3) is 3.78. The van der Waals surface area contributed by atoms with Gasteiger partial charge in [0.2, 0.25) is 5.91 Å². The average Bonchev–Trinajstić information content (AvgIpc) is 2.19. The molecule has 102 valence electrons. The molecule has 0 aliphatic carbocycles. The molecule has 0 N–H and O–H groups in total. The number of ether oxygens (including phenoxy) is 1. The van der Waals surface area contributed by atoms with Gasteiger partial charge in [0.25, 0.3) is 0 Å². The second-order valence-electron chi connectivity index (χ2n) is 5.30. The van der Waals surface area contributed by atoms with E-state index in [0.29, 0.717) is 0 Å². The van der Waals surface area contributed by atoms with Crippen LogP contribution < -0.4 is 0 Å². The molecule has 18 heavy (non-hydrogen) atoms. The molecule has 1 aliphatic rings. The Balaban J connectivity index is 2.72. The summed E-state index contributed by atoms with van der Waals surface area (Å²) in [5, 5.41) is 0. The molecule has 0 spiro atoms. The standard InChI is InChI=1S/C12H18FNO4/c1-12(2,3)18-11(17)14-7-8(4-5-13)9(15)6-10(14)16/h8H,4-7H2,1-3H3. The van der Waals surface area contributed by atoms with Crippen molar-refractivity contribution < 1.29 is 23.5 Å². The van der Waals surface area contributed by atoms with E-state index in [2.05, 4.69) is 0 Å². The van der Waals surface area contributed by atoms with Crippen molar-refractivity contribution in [1.29, 1.82) is 0 Å². The van der Waals surface area contributed by atoms with E-state index in [1.165, 1.54) is 0 Å². The first kappa shape index (κ1) is 14.6. The minimum absolute atomic E-state index is 0.0331. The maximum atomic E-state index is 12.3. The van der Waals surface area contributed by atoms with E-state index in [9.17, 15) is 18.8 Å². The van der Waals surface area contributed by atoms with Gasteiger partial charge in [0, 0.05) is 12.5 Å². The number of carbonyl (C=O) groups excluding carboxylic acids is 3. The predicted molar refractivity (Wildman–Crippen MR) is 61.7 cm³/mol. The van der Waals surface area contributed by atoms with E-state index >= 15 is 0 Å². The predicted octanol–water partition coefficient (Wildman–Crippen LogP) is 1.70. The lowest BCUT2D eigenvalue weighted by atomic mass is 9.93. The number of halogens is 1. The number of hydrogen-bond donors (Lipinski definition) is 0. The third-order valence-electron chi connectivity index (χ3n) is 2.56. The molecule has 0 aromatic carbocycles. The van der Waals surface area contributed by atoms with Gasteiger partial charge in [0.05, 0.1) is 13.1 Å². The lowest BCUT2D eigenvalue weighted by molar-refractivity contribution is -0.141. The molecule has 0 aromatic heterocycles. The van der Waals surface area contributed by atoms with Crippen LogP contribution in [-0.2, 0) is 14.3 Å². The molecule has 1 rings (SSSR count). The van der Waals surface area contributed by atoms with Crippen molar-refractivity contribution >= 4 is 17.8 Å². The highest BCUT2D eigenvalue weighted by molar-refractivity contribution is 6.06. The van der Waals surface area contributed by atoms with E-state index in [1.54, 1.807) is 20.8 Å². The number of piperidine rings is 1. The van der Waals surface area contributed by atoms with Crippen molar-refractivity contribution in [3.8, 4) is 0 Å². The summed E-state index contributed by atoms with van der Waals surface area (Å²) < 4.78 is 17.3. The van der Waals surface area contributed by atoms with Crippen LogP contribution in [0.4, 0.5) is 9.18 Å². The number of imide groups is 1. The number of rotatable bonds is 2. The summed E-state index contributed by atoms with van der Waals surface area (Å²) in [6, 6.07) is 0. The molecule has 0 aromatic rings. The maximum Gasteiger partial charge on any atom is 0.417 e. The van der Waals surface area contributed by atoms with Gasteiger partial charge in [-0.2, -0.15) is 0 Å². The van der Waals surface area contributed by atoms with E-state index in [-0.39, 0.29) is 25.2 Å². The lowest BCUT2D eigenvalue weighted by Gasteiger charge is -2.31. The number of alkyl halides is 1. The zero-order valence-electron chi connectivity index (χ0n) is 10.9. The van der Waals surface area contributed by atoms with Gasteiger partial charge < -0.3 is 4.74 Å². The van der Waals surface area contributed by atoms with Crippen molar-refractivity contribution in [2.45, 2.75) is 39.2 Å². The first-order chi connectivity index (χ1) is 8.24. The van der Waals surface area contributed by atoms with Gasteiger partial charge in [0.15, 0.2) is 0 Å². The molecular weight excluding hydrogens is 241 g/mol. The quantitative estimate of drug-likeness (QED) is 0.708. The summed E-state index contributed by atoms with van der Waals surface area (Å²) in [5.41, 5.74) is -0.714. The second-order valence-corrected chi connectivity index (χ2v) is 5.30. The van der Waals surface area contributed by atoms with E-state index in [4.69, 9.17) is 4.74 Å². The SMILES string of the molecule is CC(C)(C)OC(=O)N1CC(CCF)C(=O)CC1=O. The van der Waals surface area contributed by atoms with Crippen LogP contribution in [0.1, 0.15) is 33.6 Å². The Morgan fingerprint density at radius 3 is 2.56 bits per heavy atom. The number of likely N-dealkylation sites (tertiary alicyclic amines) is 1. The number of carbonyl (C=O) groups is 3. The molecule has 5 nitrogen and oxygen atoms in total. The van der Waals surface area contributed by atoms with Gasteiger partial charge >= 0.3 is 6.09 Å². The topological polar surface area (TPSA) is 63.7 Å². The fourth-order valence-corrected chi connectivity index (χ4v) is 1.69. The fourth-order valence-electron chi connectivity index (χ4n) is 1.69. The van der Waals surface area contributed by atoms with Crippen LogP contribution >= 0.6 is 0 Å². The Hall–Kier alpha value is -1.46. The van der Waals surface area contributed by atoms with Crippen LogP contribution in [0.15, 0.2) is 0 Å². The van der Waals surface area contributed by atoms with Crippen LogP contribution in [0.5, 0.6) is 0 Å². The number of Topliss-reactive ketones (excluding diaryl/α,β-unsaturated/α-hetero) is 1. The molecule has 0 saturated carbocycles. The van der Waals surface area contributed by atoms with E-state index in [1.807, 2.05) is 0 Å². The van der Waals surface area contributed by atoms with Crippen LogP contribution in [0, 0.1) is 5.92 Å². The highest BCUT2D eigenvalue weighted by Gasteiger charge is 2.37. The average molecular weight is 259 g/mol. The van der Waals surface area contributed by atoms with Gasteiger partial charge in [-0.05, 0) is 27.2 Å². The van der Waals surface area contributed by atoms with Crippen molar-refractivity contribution in [1.82, 2.24) is 4.90 Å². The normalized spacial score (nSPS) is 21.1. The van der Waals surface area contributed by atoms with Gasteiger partial charge in [-0.15, -0.1) is 0 Å². The maximum absolute atomic E-state index is 12.3. The second kappa shape index (κ2) is 5.46. The summed E-state index contributed by atoms with van der Waals surface area (Å²) in [6.45, 7) is 4.32. The molecule has 1 atom stereocenters. The van der Waals surface area contributed by atoms with Gasteiger partial charge in [-0.3, -0.25) is 14.0 Å². The minimum atomic E-state index is -0.774. The summed E-state index contributed by atoms with van der Waals surface area (Å²) in [4.78, 5) is 35.7. The molecule has 1 unspecified atom stereocenters. The molecule has 1 aliphatic heterocycles. The van der Waals surface area contributed by atoms with Crippen molar-refractivity contribution in [3.05, 3.63) is 0 Å². The first-order valence-corrected chi connectivity index (χ1v) is 5.86. The lowest BCUT2D eigenvalue weighted by Crippen LogP contribution is -2.49. The monoisotopic (exact) mass is 259 g/mol. The molecule has 2 amide bonds. The van der Waals surface area contributed by atoms with Crippen LogP contribution in [0.3, 0.4) is 0 Å². The Labute approximate surface area is 105 Å². The van der Waals surface area contributed by atoms with Crippen molar-refractivity contribution in [3.63, 3.8) is 0 Å². The van der Waals surface area contributed by atoms with E-state index < -0.39 is 30.2 Å². The Kier molecular flexibility index (Phi) is 4.43. The Bertz CT molecular complexity index is 362. The molecular formula is C12H18FNO4. The first-order valence-electron chi connectivity index (χ1n) is 5.86. The smallest absolute Gasteiger partial charge is 0.417 e. The molecule has 0 radical (unpaired) electrons. The van der Waals surface area contributed by atoms with Crippen LogP contribution in [-0.4, -0.2) is 41.5 Å². The Morgan fingerprint density at radius 2 is 2.06 bits per heavy atom. The largest absolute Gasteiger partial charge is 0.443 e. The van der Waals surface area contributed by atoms with Crippen molar-refractivity contribution in [2.75, 3.05) is 13.2 Å². The third-order valence-corrected chi connectivity index (χ3v) is 2.56. The Morgan fingerprint density at radius 1 is 1.44 bits per heavy atom. The fraction of sp³-hybridized carbons (Fsp3) is 0.750. The summed E-state index contributed by atoms with van der Waals surface area (Å²) in [6.07, 6.45) is -1.10. The summed E-state index contributed by atoms with van der Waals surface area (Å²) >= 11 is 0. The highest BCUT2D eigenvalue weighted by Crippen LogP contribution is 2.20. The van der Waals surface area contributed by atoms with Gasteiger partial charge in [-0.25, -0.2) is 9.69 Å². The highest BCUT2D eigenvalue weighted by atomic mass is 19.1. The number of amides is 2. The molecule has 6 heteroatoms. The number of ketones is 1. The zero-order valence-corrected chi connectivity index (χ0v) is 10.9. The van der Waals surface area contributed by atoms with Crippen LogP contribution in [0.2, 0.25) is 0 Å². The van der Waals surface area contributed by atoms with Gasteiger partial charge in [0.1, 0.15) is 11.4 Å². The van der Waals surface area contributed by atoms with Gasteiger partial charge in [-0.1, -0.05) is 0 Å². The molecule has 0 bridgehead atoms. The summed E-state index contributed by atoms with van der Waals surface area (Å²) in [5.74, 6) is -1.50. The molecule has 1 fully saturated rings. The molecule has 1 saturated heterocycles.